The van der Waals surface area contributed by atoms with Crippen LogP contribution in [0.5, 0.6) is 0 Å². The summed E-state index contributed by atoms with van der Waals surface area (Å²) in [6, 6.07) is 16.3. The minimum absolute atomic E-state index is 0.137. The van der Waals surface area contributed by atoms with E-state index in [1.807, 2.05) is 48.5 Å². The number of piperazine rings is 1. The molecular weight excluding hydrogens is 473 g/mol. The van der Waals surface area contributed by atoms with Gasteiger partial charge in [0.25, 0.3) is 5.43 Å². The average Bonchev–Trinajstić information content (AvgIpc) is 2.91. The molecule has 0 radical (unpaired) electrons. The summed E-state index contributed by atoms with van der Waals surface area (Å²) in [5, 5.41) is 1.40. The highest BCUT2D eigenvalue weighted by Crippen LogP contribution is 2.29. The second-order valence-corrected chi connectivity index (χ2v) is 10.7. The fourth-order valence-electron chi connectivity index (χ4n) is 5.51. The Morgan fingerprint density at radius 2 is 1.64 bits per heavy atom. The molecule has 0 saturated carbocycles. The van der Waals surface area contributed by atoms with Crippen LogP contribution in [0.1, 0.15) is 12.8 Å². The third-order valence-corrected chi connectivity index (χ3v) is 8.59. The highest BCUT2D eigenvalue weighted by molar-refractivity contribution is 7.24. The van der Waals surface area contributed by atoms with Gasteiger partial charge in [0.2, 0.25) is 5.43 Å². The predicted octanol–water partition coefficient (Wildman–Crippen LogP) is 4.92. The lowest BCUT2D eigenvalue weighted by Crippen LogP contribution is -2.50. The van der Waals surface area contributed by atoms with Crippen molar-refractivity contribution in [2.45, 2.75) is 25.4 Å². The fourth-order valence-corrected chi connectivity index (χ4v) is 6.60. The summed E-state index contributed by atoms with van der Waals surface area (Å²) in [6.45, 7) is 5.48. The molecule has 2 heterocycles. The van der Waals surface area contributed by atoms with Gasteiger partial charge in [-0.3, -0.25) is 14.5 Å². The van der Waals surface area contributed by atoms with E-state index < -0.39 is 0 Å². The molecular formula is C29H28FN3O2S. The van der Waals surface area contributed by atoms with Crippen LogP contribution in [-0.4, -0.2) is 53.1 Å². The first-order chi connectivity index (χ1) is 17.6. The Labute approximate surface area is 212 Å². The molecule has 36 heavy (non-hydrogen) atoms. The molecule has 0 amide bonds. The van der Waals surface area contributed by atoms with Gasteiger partial charge in [0.15, 0.2) is 0 Å². The van der Waals surface area contributed by atoms with Crippen LogP contribution in [0.4, 0.5) is 4.39 Å². The van der Waals surface area contributed by atoms with Gasteiger partial charge in [-0.1, -0.05) is 36.4 Å². The van der Waals surface area contributed by atoms with E-state index in [1.54, 1.807) is 23.5 Å². The molecule has 1 aliphatic carbocycles. The van der Waals surface area contributed by atoms with Crippen molar-refractivity contribution in [3.63, 3.8) is 0 Å². The number of para-hydroxylation sites is 1. The van der Waals surface area contributed by atoms with Crippen LogP contribution in [0, 0.1) is 0 Å². The van der Waals surface area contributed by atoms with Gasteiger partial charge in [-0.05, 0) is 49.7 Å². The van der Waals surface area contributed by atoms with E-state index in [9.17, 15) is 14.0 Å². The van der Waals surface area contributed by atoms with Crippen LogP contribution in [0.2, 0.25) is 0 Å². The van der Waals surface area contributed by atoms with E-state index in [0.717, 1.165) is 65.9 Å². The molecule has 3 aromatic carbocycles. The van der Waals surface area contributed by atoms with E-state index in [1.165, 1.54) is 0 Å². The molecule has 7 heteroatoms. The maximum atomic E-state index is 13.3. The largest absolute Gasteiger partial charge is 0.336 e. The molecule has 184 valence electrons. The standard InChI is InChI=1S/C29H28FN3O2S/c30-20-10-12-21(13-11-20)32-18-16-31(17-19-32)14-5-15-33-23-7-2-4-9-25(23)36-24-8-3-1-6-22(24)26-27(33)29(35)28(26)34/h1-4,6-12,21H,5,13-19H2. The highest BCUT2D eigenvalue weighted by Gasteiger charge is 2.23. The van der Waals surface area contributed by atoms with Crippen molar-refractivity contribution < 1.29 is 4.39 Å². The monoisotopic (exact) mass is 501 g/mol. The molecule has 0 spiro atoms. The number of aromatic nitrogens is 1. The van der Waals surface area contributed by atoms with E-state index in [0.29, 0.717) is 17.4 Å². The number of benzene rings is 2. The number of aryl methyl sites for hydroxylation is 1. The summed E-state index contributed by atoms with van der Waals surface area (Å²) in [5.74, 6) is -0.137. The summed E-state index contributed by atoms with van der Waals surface area (Å²) in [4.78, 5) is 30.4. The van der Waals surface area contributed by atoms with Crippen molar-refractivity contribution in [2.24, 2.45) is 0 Å². The molecule has 1 fully saturated rings. The first-order valence-electron chi connectivity index (χ1n) is 12.6. The third kappa shape index (κ3) is 4.21. The first kappa shape index (κ1) is 23.3. The Morgan fingerprint density at radius 1 is 0.889 bits per heavy atom. The minimum atomic E-state index is -0.388. The van der Waals surface area contributed by atoms with E-state index in [2.05, 4.69) is 20.4 Å². The lowest BCUT2D eigenvalue weighted by molar-refractivity contribution is 0.110. The topological polar surface area (TPSA) is 45.6 Å². The number of rotatable bonds is 5. The molecule has 4 aromatic rings. The smallest absolute Gasteiger partial charge is 0.250 e. The van der Waals surface area contributed by atoms with Crippen LogP contribution in [0.3, 0.4) is 0 Å². The fraction of sp³-hybridized carbons (Fsp3) is 0.310. The maximum Gasteiger partial charge on any atom is 0.250 e. The van der Waals surface area contributed by atoms with E-state index >= 15 is 0 Å². The molecule has 6 rings (SSSR count). The van der Waals surface area contributed by atoms with Crippen LogP contribution >= 0.6 is 11.3 Å². The second kappa shape index (κ2) is 9.73. The lowest BCUT2D eigenvalue weighted by atomic mass is 10.1. The number of hydrogen-bond acceptors (Lipinski definition) is 5. The second-order valence-electron chi connectivity index (χ2n) is 9.58. The molecule has 1 atom stereocenters. The molecule has 1 saturated heterocycles. The van der Waals surface area contributed by atoms with Gasteiger partial charge < -0.3 is 9.47 Å². The zero-order chi connectivity index (χ0) is 24.6. The highest BCUT2D eigenvalue weighted by atomic mass is 32.1. The summed E-state index contributed by atoms with van der Waals surface area (Å²) >= 11 is 1.65. The van der Waals surface area contributed by atoms with Gasteiger partial charge in [0.05, 0.1) is 15.6 Å². The number of fused-ring (bicyclic) bond motifs is 4. The Kier molecular flexibility index (Phi) is 6.29. The third-order valence-electron chi connectivity index (χ3n) is 7.45. The van der Waals surface area contributed by atoms with Gasteiger partial charge in [-0.25, -0.2) is 4.39 Å². The zero-order valence-electron chi connectivity index (χ0n) is 20.0. The van der Waals surface area contributed by atoms with Gasteiger partial charge in [-0.2, -0.15) is 0 Å². The van der Waals surface area contributed by atoms with Crippen molar-refractivity contribution in [2.75, 3.05) is 32.7 Å². The maximum absolute atomic E-state index is 13.3. The van der Waals surface area contributed by atoms with Crippen molar-refractivity contribution in [1.82, 2.24) is 14.4 Å². The molecule has 1 aromatic heterocycles. The van der Waals surface area contributed by atoms with Crippen molar-refractivity contribution >= 4 is 42.5 Å². The summed E-state index contributed by atoms with van der Waals surface area (Å²) in [5.41, 5.74) is 0.750. The number of hydrogen-bond donors (Lipinski definition) is 0. The van der Waals surface area contributed by atoms with Crippen LogP contribution in [0.15, 0.2) is 82.2 Å². The van der Waals surface area contributed by atoms with Crippen LogP contribution in [0.25, 0.3) is 31.2 Å². The molecule has 1 unspecified atom stereocenters. The van der Waals surface area contributed by atoms with E-state index in [4.69, 9.17) is 0 Å². The lowest BCUT2D eigenvalue weighted by Gasteiger charge is -2.38. The van der Waals surface area contributed by atoms with Gasteiger partial charge in [0, 0.05) is 48.9 Å². The van der Waals surface area contributed by atoms with Crippen LogP contribution < -0.4 is 10.9 Å². The number of halogens is 1. The van der Waals surface area contributed by atoms with Gasteiger partial charge in [-0.15, -0.1) is 11.3 Å². The summed E-state index contributed by atoms with van der Waals surface area (Å²) in [7, 11) is 0. The summed E-state index contributed by atoms with van der Waals surface area (Å²) in [6.07, 6.45) is 6.85. The van der Waals surface area contributed by atoms with Gasteiger partial charge in [0.1, 0.15) is 11.3 Å². The van der Waals surface area contributed by atoms with Gasteiger partial charge >= 0.3 is 0 Å². The Bertz CT molecular complexity index is 1630. The SMILES string of the molecule is O=c1c(=O)c2c1c1ccccc1sc1ccccc1n2CCCN1CCN(C2C=CC(F)=CC2)CC1. The average molecular weight is 502 g/mol. The Morgan fingerprint density at radius 3 is 2.42 bits per heavy atom. The van der Waals surface area contributed by atoms with E-state index in [-0.39, 0.29) is 22.7 Å². The van der Waals surface area contributed by atoms with Crippen LogP contribution in [-0.2, 0) is 6.54 Å². The van der Waals surface area contributed by atoms with Crippen molar-refractivity contribution in [3.8, 4) is 0 Å². The number of nitrogens with zero attached hydrogens (tertiary/aromatic N) is 3. The predicted molar refractivity (Wildman–Crippen MR) is 147 cm³/mol. The summed E-state index contributed by atoms with van der Waals surface area (Å²) < 4.78 is 17.5. The molecule has 2 aliphatic rings. The quantitative estimate of drug-likeness (QED) is 0.364. The molecule has 5 nitrogen and oxygen atoms in total. The molecule has 0 bridgehead atoms. The Hall–Kier alpha value is -3.13. The minimum Gasteiger partial charge on any atom is -0.336 e. The molecule has 0 N–H and O–H groups in total. The van der Waals surface area contributed by atoms with Crippen molar-refractivity contribution in [3.05, 3.63) is 93.0 Å². The number of allylic oxidation sites excluding steroid dienone is 2. The first-order valence-corrected chi connectivity index (χ1v) is 13.4. The van der Waals surface area contributed by atoms with Crippen molar-refractivity contribution in [1.29, 1.82) is 0 Å². The normalized spacial score (nSPS) is 19.4. The zero-order valence-corrected chi connectivity index (χ0v) is 20.8. The molecule has 1 aliphatic heterocycles. The Balaban J connectivity index is 1.25.